The van der Waals surface area contributed by atoms with Gasteiger partial charge < -0.3 is 10.2 Å². The van der Waals surface area contributed by atoms with Crippen LogP contribution in [0.15, 0.2) is 89.4 Å². The number of likely N-dealkylation sites (N-methyl/N-ethyl adjacent to an activating group) is 1. The minimum atomic E-state index is -0.575. The summed E-state index contributed by atoms with van der Waals surface area (Å²) < 4.78 is 0.944. The van der Waals surface area contributed by atoms with E-state index in [4.69, 9.17) is 0 Å². The molecule has 3 rings (SSSR count). The summed E-state index contributed by atoms with van der Waals surface area (Å²) in [6.07, 6.45) is 0.284. The van der Waals surface area contributed by atoms with E-state index in [1.54, 1.807) is 11.8 Å². The lowest BCUT2D eigenvalue weighted by atomic mass is 9.88. The van der Waals surface area contributed by atoms with Crippen LogP contribution in [-0.4, -0.2) is 29.3 Å². The maximum atomic E-state index is 13.7. The fourth-order valence-corrected chi connectivity index (χ4v) is 4.27. The Bertz CT molecular complexity index is 985. The summed E-state index contributed by atoms with van der Waals surface area (Å²) in [5.74, 6) is -0.287. The summed E-state index contributed by atoms with van der Waals surface area (Å²) in [6, 6.07) is 27.4. The highest BCUT2D eigenvalue weighted by Crippen LogP contribution is 2.29. The van der Waals surface area contributed by atoms with Gasteiger partial charge in [-0.25, -0.2) is 0 Å². The molecule has 0 fully saturated rings. The molecule has 0 radical (unpaired) electrons. The fraction of sp³-hybridized carbons (Fsp3) is 0.259. The van der Waals surface area contributed by atoms with Crippen molar-refractivity contribution in [2.45, 2.75) is 38.8 Å². The Hall–Kier alpha value is -2.92. The van der Waals surface area contributed by atoms with E-state index in [0.29, 0.717) is 13.1 Å². The van der Waals surface area contributed by atoms with Gasteiger partial charge in [-0.2, -0.15) is 0 Å². The number of rotatable bonds is 9. The van der Waals surface area contributed by atoms with Gasteiger partial charge in [-0.3, -0.25) is 9.59 Å². The van der Waals surface area contributed by atoms with Gasteiger partial charge >= 0.3 is 0 Å². The molecular formula is C27H29BrN2O2. The predicted octanol–water partition coefficient (Wildman–Crippen LogP) is 5.52. The number of carbonyl (C=O) groups excluding carboxylic acids is 2. The molecule has 0 heterocycles. The van der Waals surface area contributed by atoms with Crippen LogP contribution in [0.1, 0.15) is 42.9 Å². The number of amides is 2. The molecule has 0 spiro atoms. The van der Waals surface area contributed by atoms with Crippen LogP contribution >= 0.6 is 15.9 Å². The number of carbonyl (C=O) groups is 2. The molecule has 0 aromatic heterocycles. The SMILES string of the molecule is CCNC(=O)[C@@H](C)N(Cc1cccc(Br)c1)C(=O)CC(c1ccccc1)c1ccccc1. The van der Waals surface area contributed by atoms with Crippen LogP contribution in [0, 0.1) is 0 Å². The average molecular weight is 493 g/mol. The zero-order chi connectivity index (χ0) is 22.9. The Morgan fingerprint density at radius 1 is 0.906 bits per heavy atom. The van der Waals surface area contributed by atoms with Crippen molar-refractivity contribution in [2.75, 3.05) is 6.54 Å². The van der Waals surface area contributed by atoms with Crippen molar-refractivity contribution >= 4 is 27.7 Å². The van der Waals surface area contributed by atoms with Crippen LogP contribution in [0.3, 0.4) is 0 Å². The lowest BCUT2D eigenvalue weighted by Crippen LogP contribution is -2.47. The minimum Gasteiger partial charge on any atom is -0.355 e. The maximum absolute atomic E-state index is 13.7. The summed E-state index contributed by atoms with van der Waals surface area (Å²) in [5, 5.41) is 2.85. The third kappa shape index (κ3) is 6.30. The van der Waals surface area contributed by atoms with Gasteiger partial charge in [0, 0.05) is 29.9 Å². The van der Waals surface area contributed by atoms with Crippen LogP contribution < -0.4 is 5.32 Å². The van der Waals surface area contributed by atoms with Gasteiger partial charge in [0.05, 0.1) is 0 Å². The molecule has 166 valence electrons. The smallest absolute Gasteiger partial charge is 0.242 e. The Morgan fingerprint density at radius 3 is 2.03 bits per heavy atom. The Labute approximate surface area is 198 Å². The Morgan fingerprint density at radius 2 is 1.50 bits per heavy atom. The number of hydrogen-bond acceptors (Lipinski definition) is 2. The largest absolute Gasteiger partial charge is 0.355 e. The van der Waals surface area contributed by atoms with Gasteiger partial charge in [-0.05, 0) is 42.7 Å². The molecule has 3 aromatic rings. The summed E-state index contributed by atoms with van der Waals surface area (Å²) in [5.41, 5.74) is 3.14. The normalized spacial score (nSPS) is 11.8. The van der Waals surface area contributed by atoms with Gasteiger partial charge in [0.2, 0.25) is 11.8 Å². The van der Waals surface area contributed by atoms with E-state index in [0.717, 1.165) is 21.2 Å². The van der Waals surface area contributed by atoms with Crippen LogP contribution in [-0.2, 0) is 16.1 Å². The van der Waals surface area contributed by atoms with E-state index in [2.05, 4.69) is 45.5 Å². The Kier molecular flexibility index (Phi) is 8.63. The molecule has 5 heteroatoms. The molecule has 0 unspecified atom stereocenters. The average Bonchev–Trinajstić information content (AvgIpc) is 2.81. The van der Waals surface area contributed by atoms with E-state index in [1.807, 2.05) is 67.6 Å². The molecule has 0 bridgehead atoms. The van der Waals surface area contributed by atoms with E-state index in [9.17, 15) is 9.59 Å². The first-order valence-corrected chi connectivity index (χ1v) is 11.7. The molecule has 0 saturated heterocycles. The van der Waals surface area contributed by atoms with Crippen molar-refractivity contribution in [3.63, 3.8) is 0 Å². The molecule has 0 saturated carbocycles. The van der Waals surface area contributed by atoms with Crippen LogP contribution in [0.2, 0.25) is 0 Å². The van der Waals surface area contributed by atoms with Crippen LogP contribution in [0.4, 0.5) is 0 Å². The first-order chi connectivity index (χ1) is 15.5. The maximum Gasteiger partial charge on any atom is 0.242 e. The zero-order valence-electron chi connectivity index (χ0n) is 18.5. The quantitative estimate of drug-likeness (QED) is 0.427. The molecule has 1 N–H and O–H groups in total. The number of nitrogens with zero attached hydrogens (tertiary/aromatic N) is 1. The first kappa shape index (κ1) is 23.7. The van der Waals surface area contributed by atoms with E-state index >= 15 is 0 Å². The van der Waals surface area contributed by atoms with Gasteiger partial charge in [0.25, 0.3) is 0 Å². The number of halogens is 1. The second kappa shape index (κ2) is 11.6. The summed E-state index contributed by atoms with van der Waals surface area (Å²) >= 11 is 3.50. The highest BCUT2D eigenvalue weighted by Gasteiger charge is 2.28. The molecule has 4 nitrogen and oxygen atoms in total. The second-order valence-corrected chi connectivity index (χ2v) is 8.72. The van der Waals surface area contributed by atoms with Crippen molar-refractivity contribution in [2.24, 2.45) is 0 Å². The van der Waals surface area contributed by atoms with Crippen molar-refractivity contribution < 1.29 is 9.59 Å². The van der Waals surface area contributed by atoms with E-state index in [-0.39, 0.29) is 24.2 Å². The lowest BCUT2D eigenvalue weighted by molar-refractivity contribution is -0.140. The molecule has 32 heavy (non-hydrogen) atoms. The number of hydrogen-bond donors (Lipinski definition) is 1. The monoisotopic (exact) mass is 492 g/mol. The highest BCUT2D eigenvalue weighted by molar-refractivity contribution is 9.10. The molecule has 3 aromatic carbocycles. The highest BCUT2D eigenvalue weighted by atomic mass is 79.9. The standard InChI is InChI=1S/C27H29BrN2O2/c1-3-29-27(32)20(2)30(19-21-11-10-16-24(28)17-21)26(31)18-25(22-12-6-4-7-13-22)23-14-8-5-9-15-23/h4-17,20,25H,3,18-19H2,1-2H3,(H,29,32)/t20-/m1/s1. The Balaban J connectivity index is 1.91. The number of nitrogens with one attached hydrogen (secondary N) is 1. The zero-order valence-corrected chi connectivity index (χ0v) is 20.1. The summed E-state index contributed by atoms with van der Waals surface area (Å²) in [6.45, 7) is 4.57. The molecule has 0 aliphatic rings. The fourth-order valence-electron chi connectivity index (χ4n) is 3.83. The van der Waals surface area contributed by atoms with E-state index in [1.165, 1.54) is 0 Å². The molecular weight excluding hydrogens is 464 g/mol. The predicted molar refractivity (Wildman–Crippen MR) is 132 cm³/mol. The van der Waals surface area contributed by atoms with Gasteiger partial charge in [0.15, 0.2) is 0 Å². The molecule has 1 atom stereocenters. The first-order valence-electron chi connectivity index (χ1n) is 10.9. The topological polar surface area (TPSA) is 49.4 Å². The van der Waals surface area contributed by atoms with Crippen LogP contribution in [0.25, 0.3) is 0 Å². The molecule has 0 aliphatic carbocycles. The van der Waals surface area contributed by atoms with Crippen molar-refractivity contribution in [1.82, 2.24) is 10.2 Å². The van der Waals surface area contributed by atoms with Gasteiger partial charge in [0.1, 0.15) is 6.04 Å². The van der Waals surface area contributed by atoms with Crippen molar-refractivity contribution in [3.05, 3.63) is 106 Å². The summed E-state index contributed by atoms with van der Waals surface area (Å²) in [4.78, 5) is 28.0. The third-order valence-corrected chi connectivity index (χ3v) is 6.04. The number of benzene rings is 3. The van der Waals surface area contributed by atoms with Gasteiger partial charge in [-0.15, -0.1) is 0 Å². The third-order valence-electron chi connectivity index (χ3n) is 5.54. The summed E-state index contributed by atoms with van der Waals surface area (Å²) in [7, 11) is 0. The molecule has 2 amide bonds. The lowest BCUT2D eigenvalue weighted by Gasteiger charge is -2.30. The second-order valence-electron chi connectivity index (χ2n) is 7.80. The van der Waals surface area contributed by atoms with E-state index < -0.39 is 6.04 Å². The minimum absolute atomic E-state index is 0.0542. The van der Waals surface area contributed by atoms with Crippen molar-refractivity contribution in [1.29, 1.82) is 0 Å². The van der Waals surface area contributed by atoms with Crippen molar-refractivity contribution in [3.8, 4) is 0 Å². The van der Waals surface area contributed by atoms with Crippen LogP contribution in [0.5, 0.6) is 0 Å². The van der Waals surface area contributed by atoms with Gasteiger partial charge in [-0.1, -0.05) is 88.7 Å². The molecule has 0 aliphatic heterocycles.